The smallest absolute Gasteiger partial charge is 0.152 e. The fourth-order valence-corrected chi connectivity index (χ4v) is 2.16. The SMILES string of the molecule is O=Cc1c(-c2ccc(F)cc2)[nH]c2cc(F)ccc12. The summed E-state index contributed by atoms with van der Waals surface area (Å²) in [5.74, 6) is -0.726. The van der Waals surface area contributed by atoms with E-state index in [4.69, 9.17) is 0 Å². The lowest BCUT2D eigenvalue weighted by Gasteiger charge is -1.99. The summed E-state index contributed by atoms with van der Waals surface area (Å²) in [6.45, 7) is 0. The van der Waals surface area contributed by atoms with Crippen molar-refractivity contribution in [2.45, 2.75) is 0 Å². The van der Waals surface area contributed by atoms with Gasteiger partial charge in [-0.25, -0.2) is 8.78 Å². The number of aromatic amines is 1. The van der Waals surface area contributed by atoms with Crippen LogP contribution in [0.1, 0.15) is 10.4 Å². The molecule has 0 saturated carbocycles. The third-order valence-corrected chi connectivity index (χ3v) is 3.05. The van der Waals surface area contributed by atoms with Crippen molar-refractivity contribution < 1.29 is 13.6 Å². The molecule has 1 N–H and O–H groups in total. The molecule has 0 atom stereocenters. The van der Waals surface area contributed by atoms with Gasteiger partial charge in [-0.05, 0) is 48.0 Å². The van der Waals surface area contributed by atoms with Gasteiger partial charge in [0.25, 0.3) is 0 Å². The summed E-state index contributed by atoms with van der Waals surface area (Å²) in [6, 6.07) is 9.96. The second-order valence-corrected chi connectivity index (χ2v) is 4.23. The van der Waals surface area contributed by atoms with E-state index in [0.717, 1.165) is 6.29 Å². The Morgan fingerprint density at radius 3 is 2.32 bits per heavy atom. The van der Waals surface area contributed by atoms with Crippen molar-refractivity contribution in [1.82, 2.24) is 4.98 Å². The van der Waals surface area contributed by atoms with Crippen molar-refractivity contribution in [3.63, 3.8) is 0 Å². The number of carbonyl (C=O) groups is 1. The monoisotopic (exact) mass is 257 g/mol. The first-order chi connectivity index (χ1) is 9.19. The Morgan fingerprint density at radius 2 is 1.63 bits per heavy atom. The van der Waals surface area contributed by atoms with E-state index in [1.807, 2.05) is 0 Å². The number of hydrogen-bond donors (Lipinski definition) is 1. The van der Waals surface area contributed by atoms with Crippen LogP contribution in [0.15, 0.2) is 42.5 Å². The van der Waals surface area contributed by atoms with Crippen LogP contribution in [0.4, 0.5) is 8.78 Å². The molecule has 0 aliphatic carbocycles. The Bertz CT molecular complexity index is 760. The lowest BCUT2D eigenvalue weighted by molar-refractivity contribution is 0.112. The number of halogens is 2. The van der Waals surface area contributed by atoms with Gasteiger partial charge in [-0.1, -0.05) is 0 Å². The maximum Gasteiger partial charge on any atom is 0.152 e. The van der Waals surface area contributed by atoms with Gasteiger partial charge >= 0.3 is 0 Å². The summed E-state index contributed by atoms with van der Waals surface area (Å²) in [6.07, 6.45) is 0.718. The number of aromatic nitrogens is 1. The summed E-state index contributed by atoms with van der Waals surface area (Å²) < 4.78 is 26.1. The van der Waals surface area contributed by atoms with Gasteiger partial charge in [-0.2, -0.15) is 0 Å². The summed E-state index contributed by atoms with van der Waals surface area (Å²) in [4.78, 5) is 14.2. The molecular weight excluding hydrogens is 248 g/mol. The normalized spacial score (nSPS) is 10.8. The zero-order chi connectivity index (χ0) is 13.4. The number of benzene rings is 2. The molecule has 0 radical (unpaired) electrons. The molecule has 0 aliphatic heterocycles. The largest absolute Gasteiger partial charge is 0.354 e. The van der Waals surface area contributed by atoms with E-state index in [2.05, 4.69) is 4.98 Å². The van der Waals surface area contributed by atoms with Gasteiger partial charge < -0.3 is 4.98 Å². The summed E-state index contributed by atoms with van der Waals surface area (Å²) >= 11 is 0. The maximum absolute atomic E-state index is 13.2. The van der Waals surface area contributed by atoms with Crippen LogP contribution in [0.25, 0.3) is 22.2 Å². The van der Waals surface area contributed by atoms with Crippen LogP contribution >= 0.6 is 0 Å². The number of nitrogens with one attached hydrogen (secondary N) is 1. The number of aldehydes is 1. The first-order valence-electron chi connectivity index (χ1n) is 5.71. The Balaban J connectivity index is 2.28. The average Bonchev–Trinajstić information content (AvgIpc) is 2.77. The lowest BCUT2D eigenvalue weighted by Crippen LogP contribution is -1.84. The molecule has 0 fully saturated rings. The van der Waals surface area contributed by atoms with Gasteiger partial charge in [0.15, 0.2) is 6.29 Å². The predicted molar refractivity (Wildman–Crippen MR) is 69.0 cm³/mol. The molecule has 1 aromatic heterocycles. The highest BCUT2D eigenvalue weighted by atomic mass is 19.1. The first-order valence-corrected chi connectivity index (χ1v) is 5.71. The zero-order valence-electron chi connectivity index (χ0n) is 9.78. The highest BCUT2D eigenvalue weighted by Gasteiger charge is 2.13. The van der Waals surface area contributed by atoms with E-state index in [-0.39, 0.29) is 11.6 Å². The molecule has 0 amide bonds. The molecule has 4 heteroatoms. The second-order valence-electron chi connectivity index (χ2n) is 4.23. The van der Waals surface area contributed by atoms with E-state index in [1.165, 1.54) is 24.3 Å². The number of hydrogen-bond acceptors (Lipinski definition) is 1. The molecule has 0 unspecified atom stereocenters. The summed E-state index contributed by atoms with van der Waals surface area (Å²) in [5, 5.41) is 0.649. The molecule has 3 rings (SSSR count). The fourth-order valence-electron chi connectivity index (χ4n) is 2.16. The van der Waals surface area contributed by atoms with Crippen molar-refractivity contribution in [1.29, 1.82) is 0 Å². The first kappa shape index (κ1) is 11.6. The van der Waals surface area contributed by atoms with E-state index < -0.39 is 0 Å². The van der Waals surface area contributed by atoms with Gasteiger partial charge in [0.05, 0.1) is 5.69 Å². The molecule has 0 saturated heterocycles. The fraction of sp³-hybridized carbons (Fsp3) is 0. The molecule has 0 bridgehead atoms. The van der Waals surface area contributed by atoms with Crippen molar-refractivity contribution in [3.8, 4) is 11.3 Å². The van der Waals surface area contributed by atoms with Crippen LogP contribution in [0.5, 0.6) is 0 Å². The van der Waals surface area contributed by atoms with Crippen LogP contribution in [0.2, 0.25) is 0 Å². The molecular formula is C15H9F2NO. The van der Waals surface area contributed by atoms with Crippen molar-refractivity contribution >= 4 is 17.2 Å². The molecule has 94 valence electrons. The third-order valence-electron chi connectivity index (χ3n) is 3.05. The number of rotatable bonds is 2. The minimum atomic E-state index is -0.378. The Kier molecular flexibility index (Phi) is 2.63. The van der Waals surface area contributed by atoms with E-state index in [9.17, 15) is 13.6 Å². The van der Waals surface area contributed by atoms with Gasteiger partial charge in [0.2, 0.25) is 0 Å². The van der Waals surface area contributed by atoms with Crippen LogP contribution in [-0.4, -0.2) is 11.3 Å². The number of fused-ring (bicyclic) bond motifs is 1. The standard InChI is InChI=1S/C15H9F2NO/c16-10-3-1-9(2-4-10)15-13(8-19)12-6-5-11(17)7-14(12)18-15/h1-8,18H. The minimum Gasteiger partial charge on any atom is -0.354 e. The Hall–Kier alpha value is -2.49. The second kappa shape index (κ2) is 4.31. The highest BCUT2D eigenvalue weighted by Crippen LogP contribution is 2.29. The molecule has 3 aromatic rings. The molecule has 19 heavy (non-hydrogen) atoms. The lowest BCUT2D eigenvalue weighted by atomic mass is 10.1. The quantitative estimate of drug-likeness (QED) is 0.693. The highest BCUT2D eigenvalue weighted by molar-refractivity contribution is 6.04. The molecule has 0 aliphatic rings. The third kappa shape index (κ3) is 1.91. The number of H-pyrrole nitrogens is 1. The predicted octanol–water partition coefficient (Wildman–Crippen LogP) is 3.93. The zero-order valence-corrected chi connectivity index (χ0v) is 9.78. The van der Waals surface area contributed by atoms with Gasteiger partial charge in [-0.15, -0.1) is 0 Å². The van der Waals surface area contributed by atoms with E-state index >= 15 is 0 Å². The molecule has 0 spiro atoms. The van der Waals surface area contributed by atoms with Gasteiger partial charge in [0, 0.05) is 16.5 Å². The van der Waals surface area contributed by atoms with Crippen LogP contribution < -0.4 is 0 Å². The number of carbonyl (C=O) groups excluding carboxylic acids is 1. The van der Waals surface area contributed by atoms with Crippen LogP contribution in [-0.2, 0) is 0 Å². The van der Waals surface area contributed by atoms with Gasteiger partial charge in [0.1, 0.15) is 11.6 Å². The summed E-state index contributed by atoms with van der Waals surface area (Å²) in [5.41, 5.74) is 2.23. The summed E-state index contributed by atoms with van der Waals surface area (Å²) in [7, 11) is 0. The van der Waals surface area contributed by atoms with Crippen molar-refractivity contribution in [3.05, 3.63) is 59.7 Å². The molecule has 2 aromatic carbocycles. The Morgan fingerprint density at radius 1 is 0.947 bits per heavy atom. The topological polar surface area (TPSA) is 32.9 Å². The van der Waals surface area contributed by atoms with Crippen LogP contribution in [0, 0.1) is 11.6 Å². The van der Waals surface area contributed by atoms with Crippen molar-refractivity contribution in [2.24, 2.45) is 0 Å². The van der Waals surface area contributed by atoms with Crippen molar-refractivity contribution in [2.75, 3.05) is 0 Å². The minimum absolute atomic E-state index is 0.349. The Labute approximate surface area is 107 Å². The van der Waals surface area contributed by atoms with Gasteiger partial charge in [-0.3, -0.25) is 4.79 Å². The molecule has 1 heterocycles. The van der Waals surface area contributed by atoms with E-state index in [1.54, 1.807) is 18.2 Å². The maximum atomic E-state index is 13.2. The van der Waals surface area contributed by atoms with Crippen LogP contribution in [0.3, 0.4) is 0 Å². The average molecular weight is 257 g/mol. The van der Waals surface area contributed by atoms with E-state index in [0.29, 0.717) is 27.7 Å². The molecule has 2 nitrogen and oxygen atoms in total.